The fraction of sp³-hybridized carbons (Fsp3) is 0.261. The number of aromatic nitrogens is 2. The lowest BCUT2D eigenvalue weighted by Gasteiger charge is -2.33. The van der Waals surface area contributed by atoms with Crippen LogP contribution >= 0.6 is 0 Å². The molecule has 0 radical (unpaired) electrons. The van der Waals surface area contributed by atoms with Gasteiger partial charge in [0.05, 0.1) is 28.5 Å². The molecule has 4 rings (SSSR count). The summed E-state index contributed by atoms with van der Waals surface area (Å²) in [6, 6.07) is 8.42. The Labute approximate surface area is 176 Å². The normalized spacial score (nSPS) is 20.1. The molecule has 156 valence electrons. The standard InChI is InChI=1S/C23H16F4N4/c1-11-14(7-18(25)22(17(11)10-29)20-3-4-30-31(20)2)15-8-19(26)23(27)16-6-13(24)5-12(9-28)21(15)16/h3-7,15,19,23H,8H2,1-2H3/t15-,19+,23-/m1/s1. The van der Waals surface area contributed by atoms with Gasteiger partial charge >= 0.3 is 0 Å². The van der Waals surface area contributed by atoms with E-state index in [2.05, 4.69) is 5.10 Å². The first-order valence-electron chi connectivity index (χ1n) is 9.51. The molecule has 0 N–H and O–H groups in total. The summed E-state index contributed by atoms with van der Waals surface area (Å²) in [4.78, 5) is 0. The van der Waals surface area contributed by atoms with E-state index in [4.69, 9.17) is 0 Å². The van der Waals surface area contributed by atoms with Crippen LogP contribution in [-0.2, 0) is 7.05 Å². The van der Waals surface area contributed by atoms with Crippen molar-refractivity contribution < 1.29 is 17.6 Å². The van der Waals surface area contributed by atoms with Gasteiger partial charge in [-0.25, -0.2) is 17.6 Å². The molecule has 31 heavy (non-hydrogen) atoms. The van der Waals surface area contributed by atoms with Crippen molar-refractivity contribution in [3.8, 4) is 23.4 Å². The van der Waals surface area contributed by atoms with Crippen LogP contribution in [0.5, 0.6) is 0 Å². The monoisotopic (exact) mass is 424 g/mol. The highest BCUT2D eigenvalue weighted by atomic mass is 19.2. The molecule has 8 heteroatoms. The van der Waals surface area contributed by atoms with Gasteiger partial charge in [-0.05, 0) is 59.9 Å². The smallest absolute Gasteiger partial charge is 0.157 e. The lowest BCUT2D eigenvalue weighted by Crippen LogP contribution is -2.25. The van der Waals surface area contributed by atoms with Crippen molar-refractivity contribution >= 4 is 0 Å². The number of benzene rings is 2. The quantitative estimate of drug-likeness (QED) is 0.524. The van der Waals surface area contributed by atoms with Crippen molar-refractivity contribution in [3.63, 3.8) is 0 Å². The number of hydrogen-bond acceptors (Lipinski definition) is 3. The van der Waals surface area contributed by atoms with Crippen LogP contribution in [0.3, 0.4) is 0 Å². The summed E-state index contributed by atoms with van der Waals surface area (Å²) in [6.45, 7) is 1.59. The maximum atomic E-state index is 15.3. The zero-order valence-electron chi connectivity index (χ0n) is 16.6. The summed E-state index contributed by atoms with van der Waals surface area (Å²) < 4.78 is 59.8. The number of aryl methyl sites for hydroxylation is 1. The summed E-state index contributed by atoms with van der Waals surface area (Å²) in [5.74, 6) is -2.48. The maximum absolute atomic E-state index is 15.3. The van der Waals surface area contributed by atoms with Crippen LogP contribution in [0.1, 0.15) is 51.9 Å². The third-order valence-electron chi connectivity index (χ3n) is 5.86. The van der Waals surface area contributed by atoms with Gasteiger partial charge in [-0.3, -0.25) is 4.68 Å². The Morgan fingerprint density at radius 2 is 1.84 bits per heavy atom. The van der Waals surface area contributed by atoms with Crippen LogP contribution in [-0.4, -0.2) is 16.0 Å². The van der Waals surface area contributed by atoms with E-state index in [-0.39, 0.29) is 39.8 Å². The summed E-state index contributed by atoms with van der Waals surface area (Å²) in [5, 5.41) is 23.3. The molecule has 4 nitrogen and oxygen atoms in total. The first kappa shape index (κ1) is 20.6. The molecule has 0 bridgehead atoms. The number of nitriles is 2. The largest absolute Gasteiger partial charge is 0.268 e. The van der Waals surface area contributed by atoms with E-state index in [0.29, 0.717) is 11.3 Å². The molecule has 2 aromatic carbocycles. The summed E-state index contributed by atoms with van der Waals surface area (Å²) in [7, 11) is 1.61. The average molecular weight is 424 g/mol. The van der Waals surface area contributed by atoms with E-state index in [0.717, 1.165) is 12.1 Å². The topological polar surface area (TPSA) is 65.4 Å². The lowest BCUT2D eigenvalue weighted by atomic mass is 9.73. The third kappa shape index (κ3) is 3.16. The van der Waals surface area contributed by atoms with Crippen LogP contribution in [0.25, 0.3) is 11.3 Å². The van der Waals surface area contributed by atoms with E-state index in [1.54, 1.807) is 20.0 Å². The molecule has 3 aromatic rings. The number of hydrogen-bond donors (Lipinski definition) is 0. The molecular weight excluding hydrogens is 408 g/mol. The summed E-state index contributed by atoms with van der Waals surface area (Å²) in [6.07, 6.45) is -2.94. The number of nitrogens with zero attached hydrogens (tertiary/aromatic N) is 4. The Morgan fingerprint density at radius 1 is 1.10 bits per heavy atom. The van der Waals surface area contributed by atoms with Crippen molar-refractivity contribution in [3.05, 3.63) is 75.5 Å². The second kappa shape index (κ2) is 7.55. The van der Waals surface area contributed by atoms with Gasteiger partial charge in [0.25, 0.3) is 0 Å². The van der Waals surface area contributed by atoms with Crippen molar-refractivity contribution in [2.45, 2.75) is 31.6 Å². The predicted molar refractivity (Wildman–Crippen MR) is 104 cm³/mol. The fourth-order valence-corrected chi connectivity index (χ4v) is 4.43. The average Bonchev–Trinajstić information content (AvgIpc) is 3.16. The first-order chi connectivity index (χ1) is 14.8. The second-order valence-corrected chi connectivity index (χ2v) is 7.55. The van der Waals surface area contributed by atoms with Crippen LogP contribution < -0.4 is 0 Å². The van der Waals surface area contributed by atoms with Crippen LogP contribution in [0.4, 0.5) is 17.6 Å². The molecule has 3 atom stereocenters. The highest BCUT2D eigenvalue weighted by molar-refractivity contribution is 5.72. The van der Waals surface area contributed by atoms with Crippen LogP contribution in [0.2, 0.25) is 0 Å². The molecular formula is C23H16F4N4. The highest BCUT2D eigenvalue weighted by Crippen LogP contribution is 2.48. The van der Waals surface area contributed by atoms with E-state index >= 15 is 4.39 Å². The van der Waals surface area contributed by atoms with Crippen molar-refractivity contribution in [1.29, 1.82) is 10.5 Å². The molecule has 1 aliphatic carbocycles. The molecule has 0 spiro atoms. The van der Waals surface area contributed by atoms with Crippen molar-refractivity contribution in [2.24, 2.45) is 7.05 Å². The highest BCUT2D eigenvalue weighted by Gasteiger charge is 2.39. The molecule has 0 amide bonds. The molecule has 1 heterocycles. The third-order valence-corrected chi connectivity index (χ3v) is 5.86. The Balaban J connectivity index is 2.00. The van der Waals surface area contributed by atoms with E-state index in [9.17, 15) is 23.7 Å². The molecule has 0 unspecified atom stereocenters. The SMILES string of the molecule is Cc1c([C@H]2C[C@H](F)[C@H](F)c3cc(F)cc(C#N)c32)cc(F)c(-c2ccnn2C)c1C#N. The Morgan fingerprint density at radius 3 is 2.45 bits per heavy atom. The molecule has 1 aliphatic rings. The van der Waals surface area contributed by atoms with Gasteiger partial charge in [0.2, 0.25) is 0 Å². The minimum Gasteiger partial charge on any atom is -0.268 e. The van der Waals surface area contributed by atoms with E-state index < -0.39 is 29.9 Å². The van der Waals surface area contributed by atoms with Gasteiger partial charge in [0.1, 0.15) is 23.9 Å². The first-order valence-corrected chi connectivity index (χ1v) is 9.51. The van der Waals surface area contributed by atoms with Crippen LogP contribution in [0.15, 0.2) is 30.5 Å². The molecule has 0 saturated heterocycles. The minimum atomic E-state index is -2.09. The molecule has 1 aromatic heterocycles. The van der Waals surface area contributed by atoms with E-state index in [1.807, 2.05) is 12.1 Å². The number of fused-ring (bicyclic) bond motifs is 1. The maximum Gasteiger partial charge on any atom is 0.157 e. The zero-order valence-corrected chi connectivity index (χ0v) is 16.6. The van der Waals surface area contributed by atoms with E-state index in [1.165, 1.54) is 16.9 Å². The fourth-order valence-electron chi connectivity index (χ4n) is 4.43. The Hall–Kier alpha value is -3.65. The van der Waals surface area contributed by atoms with Gasteiger partial charge in [-0.1, -0.05) is 0 Å². The lowest BCUT2D eigenvalue weighted by molar-refractivity contribution is 0.141. The summed E-state index contributed by atoms with van der Waals surface area (Å²) in [5.41, 5.74) is 0.869. The van der Waals surface area contributed by atoms with Gasteiger partial charge in [0.15, 0.2) is 6.17 Å². The zero-order chi connectivity index (χ0) is 22.4. The van der Waals surface area contributed by atoms with Gasteiger partial charge in [0, 0.05) is 19.2 Å². The number of halogens is 4. The number of alkyl halides is 2. The number of rotatable bonds is 2. The summed E-state index contributed by atoms with van der Waals surface area (Å²) >= 11 is 0. The minimum absolute atomic E-state index is 0.0403. The molecule has 0 aliphatic heterocycles. The van der Waals surface area contributed by atoms with Gasteiger partial charge in [-0.2, -0.15) is 15.6 Å². The molecule has 0 saturated carbocycles. The second-order valence-electron chi connectivity index (χ2n) is 7.55. The predicted octanol–water partition coefficient (Wildman–Crippen LogP) is 5.30. The van der Waals surface area contributed by atoms with Crippen LogP contribution in [0, 0.1) is 41.2 Å². The van der Waals surface area contributed by atoms with Gasteiger partial charge in [-0.15, -0.1) is 0 Å². The Bertz CT molecular complexity index is 1280. The Kier molecular flexibility index (Phi) is 5.02. The van der Waals surface area contributed by atoms with Crippen molar-refractivity contribution in [2.75, 3.05) is 0 Å². The molecule has 0 fully saturated rings. The van der Waals surface area contributed by atoms with Gasteiger partial charge < -0.3 is 0 Å². The van der Waals surface area contributed by atoms with Crippen molar-refractivity contribution in [1.82, 2.24) is 9.78 Å².